The third-order valence-corrected chi connectivity index (χ3v) is 5.22. The highest BCUT2D eigenvalue weighted by atomic mass is 16.5. The molecular weight excluding hydrogens is 404 g/mol. The van der Waals surface area contributed by atoms with Gasteiger partial charge in [0.25, 0.3) is 0 Å². The second kappa shape index (κ2) is 10.7. The Morgan fingerprint density at radius 1 is 1.09 bits per heavy atom. The highest BCUT2D eigenvalue weighted by molar-refractivity contribution is 5.92. The number of hydrogen-bond donors (Lipinski definition) is 1. The first-order valence-corrected chi connectivity index (χ1v) is 10.7. The molecule has 7 heteroatoms. The Balaban J connectivity index is 1.30. The Morgan fingerprint density at radius 3 is 2.62 bits per heavy atom. The third kappa shape index (κ3) is 6.06. The molecule has 2 aromatic carbocycles. The van der Waals surface area contributed by atoms with Gasteiger partial charge in [-0.2, -0.15) is 0 Å². The Labute approximate surface area is 188 Å². The quantitative estimate of drug-likeness (QED) is 0.584. The van der Waals surface area contributed by atoms with Gasteiger partial charge in [-0.15, -0.1) is 0 Å². The van der Waals surface area contributed by atoms with E-state index in [1.54, 1.807) is 12.4 Å². The molecule has 1 amide bonds. The lowest BCUT2D eigenvalue weighted by Crippen LogP contribution is -2.36. The van der Waals surface area contributed by atoms with Gasteiger partial charge in [0.2, 0.25) is 5.91 Å². The number of para-hydroxylation sites is 1. The van der Waals surface area contributed by atoms with Crippen molar-refractivity contribution in [1.29, 1.82) is 0 Å². The molecule has 1 N–H and O–H groups in total. The van der Waals surface area contributed by atoms with Crippen LogP contribution in [0.2, 0.25) is 0 Å². The summed E-state index contributed by atoms with van der Waals surface area (Å²) in [6.45, 7) is 4.14. The van der Waals surface area contributed by atoms with Crippen molar-refractivity contribution in [3.63, 3.8) is 0 Å². The summed E-state index contributed by atoms with van der Waals surface area (Å²) in [7, 11) is 1.92. The number of anilines is 2. The SMILES string of the molecule is CN(CC(=O)Nc1ccc(N2CCOCC2)cc1)Cc1ccccc1Oc1cccnc1. The van der Waals surface area contributed by atoms with Crippen LogP contribution in [0.15, 0.2) is 73.1 Å². The predicted molar refractivity (Wildman–Crippen MR) is 125 cm³/mol. The fourth-order valence-electron chi connectivity index (χ4n) is 3.64. The summed E-state index contributed by atoms with van der Waals surface area (Å²) in [4.78, 5) is 20.9. The number of aromatic nitrogens is 1. The van der Waals surface area contributed by atoms with E-state index in [4.69, 9.17) is 9.47 Å². The molecule has 0 saturated carbocycles. The molecule has 0 unspecified atom stereocenters. The van der Waals surface area contributed by atoms with Crippen molar-refractivity contribution >= 4 is 17.3 Å². The van der Waals surface area contributed by atoms with Crippen molar-refractivity contribution in [3.8, 4) is 11.5 Å². The molecule has 1 aliphatic heterocycles. The molecule has 0 bridgehead atoms. The fourth-order valence-corrected chi connectivity index (χ4v) is 3.64. The zero-order valence-electron chi connectivity index (χ0n) is 18.2. The number of rotatable bonds is 8. The number of pyridine rings is 1. The summed E-state index contributed by atoms with van der Waals surface area (Å²) < 4.78 is 11.4. The first kappa shape index (κ1) is 21.8. The van der Waals surface area contributed by atoms with E-state index in [0.29, 0.717) is 12.3 Å². The van der Waals surface area contributed by atoms with Crippen molar-refractivity contribution in [1.82, 2.24) is 9.88 Å². The second-order valence-corrected chi connectivity index (χ2v) is 7.77. The minimum absolute atomic E-state index is 0.0581. The normalized spacial score (nSPS) is 13.8. The summed E-state index contributed by atoms with van der Waals surface area (Å²) in [5.74, 6) is 1.38. The molecule has 3 aromatic rings. The Kier molecular flexibility index (Phi) is 7.32. The Hall–Kier alpha value is -3.42. The first-order chi connectivity index (χ1) is 15.7. The lowest BCUT2D eigenvalue weighted by Gasteiger charge is -2.28. The van der Waals surface area contributed by atoms with E-state index in [-0.39, 0.29) is 12.5 Å². The van der Waals surface area contributed by atoms with Crippen LogP contribution in [0.25, 0.3) is 0 Å². The molecule has 2 heterocycles. The number of nitrogens with zero attached hydrogens (tertiary/aromatic N) is 3. The fraction of sp³-hybridized carbons (Fsp3) is 0.280. The van der Waals surface area contributed by atoms with Gasteiger partial charge < -0.3 is 19.7 Å². The number of ether oxygens (including phenoxy) is 2. The molecule has 4 rings (SSSR count). The highest BCUT2D eigenvalue weighted by Gasteiger charge is 2.13. The van der Waals surface area contributed by atoms with Crippen LogP contribution in [0.3, 0.4) is 0 Å². The third-order valence-electron chi connectivity index (χ3n) is 5.22. The van der Waals surface area contributed by atoms with E-state index >= 15 is 0 Å². The average Bonchev–Trinajstić information content (AvgIpc) is 2.82. The molecule has 32 heavy (non-hydrogen) atoms. The number of carbonyl (C=O) groups is 1. The van der Waals surface area contributed by atoms with E-state index in [2.05, 4.69) is 15.2 Å². The van der Waals surface area contributed by atoms with E-state index in [0.717, 1.165) is 49.0 Å². The monoisotopic (exact) mass is 432 g/mol. The maximum Gasteiger partial charge on any atom is 0.238 e. The number of likely N-dealkylation sites (N-methyl/N-ethyl adjacent to an activating group) is 1. The molecule has 1 saturated heterocycles. The summed E-state index contributed by atoms with van der Waals surface area (Å²) in [6, 6.07) is 19.5. The van der Waals surface area contributed by atoms with Crippen LogP contribution in [0.4, 0.5) is 11.4 Å². The van der Waals surface area contributed by atoms with E-state index in [1.165, 1.54) is 0 Å². The van der Waals surface area contributed by atoms with Gasteiger partial charge in [0.15, 0.2) is 0 Å². The molecule has 1 aromatic heterocycles. The minimum atomic E-state index is -0.0581. The van der Waals surface area contributed by atoms with Gasteiger partial charge in [0.1, 0.15) is 11.5 Å². The Bertz CT molecular complexity index is 1010. The first-order valence-electron chi connectivity index (χ1n) is 10.7. The van der Waals surface area contributed by atoms with Gasteiger partial charge in [-0.25, -0.2) is 0 Å². The van der Waals surface area contributed by atoms with Crippen LogP contribution in [0, 0.1) is 0 Å². The van der Waals surface area contributed by atoms with E-state index in [1.807, 2.05) is 72.6 Å². The van der Waals surface area contributed by atoms with Crippen molar-refractivity contribution in [3.05, 3.63) is 78.6 Å². The van der Waals surface area contributed by atoms with Gasteiger partial charge >= 0.3 is 0 Å². The van der Waals surface area contributed by atoms with Crippen LogP contribution in [0.5, 0.6) is 11.5 Å². The van der Waals surface area contributed by atoms with Gasteiger partial charge in [-0.3, -0.25) is 14.7 Å². The molecule has 1 fully saturated rings. The molecule has 0 radical (unpaired) electrons. The standard InChI is InChI=1S/C25H28N4O3/c1-28(18-20-5-2-3-7-24(20)32-23-6-4-12-26-17-23)19-25(30)27-21-8-10-22(11-9-21)29-13-15-31-16-14-29/h2-12,17H,13-16,18-19H2,1H3,(H,27,30). The smallest absolute Gasteiger partial charge is 0.238 e. The van der Waals surface area contributed by atoms with E-state index in [9.17, 15) is 4.79 Å². The number of hydrogen-bond acceptors (Lipinski definition) is 6. The number of nitrogens with one attached hydrogen (secondary N) is 1. The van der Waals surface area contributed by atoms with Crippen LogP contribution < -0.4 is 15.0 Å². The zero-order valence-corrected chi connectivity index (χ0v) is 18.2. The summed E-state index contributed by atoms with van der Waals surface area (Å²) >= 11 is 0. The van der Waals surface area contributed by atoms with Crippen LogP contribution in [-0.2, 0) is 16.1 Å². The number of morpholine rings is 1. The molecule has 0 spiro atoms. The van der Waals surface area contributed by atoms with Crippen LogP contribution in [0.1, 0.15) is 5.56 Å². The highest BCUT2D eigenvalue weighted by Crippen LogP contribution is 2.25. The van der Waals surface area contributed by atoms with Gasteiger partial charge in [-0.05, 0) is 49.5 Å². The maximum absolute atomic E-state index is 12.6. The molecule has 7 nitrogen and oxygen atoms in total. The summed E-state index contributed by atoms with van der Waals surface area (Å²) in [5, 5.41) is 2.98. The summed E-state index contributed by atoms with van der Waals surface area (Å²) in [5.41, 5.74) is 2.94. The zero-order chi connectivity index (χ0) is 22.2. The summed E-state index contributed by atoms with van der Waals surface area (Å²) in [6.07, 6.45) is 3.39. The second-order valence-electron chi connectivity index (χ2n) is 7.77. The number of carbonyl (C=O) groups excluding carboxylic acids is 1. The predicted octanol–water partition coefficient (Wildman–Crippen LogP) is 3.78. The van der Waals surface area contributed by atoms with Crippen LogP contribution >= 0.6 is 0 Å². The minimum Gasteiger partial charge on any atom is -0.455 e. The van der Waals surface area contributed by atoms with E-state index < -0.39 is 0 Å². The molecule has 166 valence electrons. The Morgan fingerprint density at radius 2 is 1.88 bits per heavy atom. The molecule has 0 aliphatic carbocycles. The largest absolute Gasteiger partial charge is 0.455 e. The van der Waals surface area contributed by atoms with Crippen LogP contribution in [-0.4, -0.2) is 55.7 Å². The van der Waals surface area contributed by atoms with Gasteiger partial charge in [0, 0.05) is 42.8 Å². The maximum atomic E-state index is 12.6. The molecular formula is C25H28N4O3. The van der Waals surface area contributed by atoms with Gasteiger partial charge in [-0.1, -0.05) is 18.2 Å². The van der Waals surface area contributed by atoms with Gasteiger partial charge in [0.05, 0.1) is 26.0 Å². The van der Waals surface area contributed by atoms with Crippen molar-refractivity contribution in [2.45, 2.75) is 6.54 Å². The average molecular weight is 433 g/mol. The number of amides is 1. The molecule has 0 atom stereocenters. The molecule has 1 aliphatic rings. The lowest BCUT2D eigenvalue weighted by molar-refractivity contribution is -0.117. The topological polar surface area (TPSA) is 66.9 Å². The van der Waals surface area contributed by atoms with Crippen molar-refractivity contribution < 1.29 is 14.3 Å². The lowest BCUT2D eigenvalue weighted by atomic mass is 10.2. The van der Waals surface area contributed by atoms with Crippen molar-refractivity contribution in [2.75, 3.05) is 50.1 Å². The number of benzene rings is 2. The van der Waals surface area contributed by atoms with Crippen molar-refractivity contribution in [2.24, 2.45) is 0 Å².